The molecule has 12 heavy (non-hydrogen) atoms. The number of esters is 1. The Morgan fingerprint density at radius 1 is 1.67 bits per heavy atom. The van der Waals surface area contributed by atoms with Gasteiger partial charge in [-0.15, -0.1) is 0 Å². The number of aliphatic hydroxyl groups is 1. The number of methoxy groups -OCH3 is 1. The number of ether oxygens (including phenoxy) is 1. The molecule has 0 aromatic rings. The highest BCUT2D eigenvalue weighted by atomic mass is 16.5. The second-order valence-corrected chi connectivity index (χ2v) is 3.25. The van der Waals surface area contributed by atoms with Gasteiger partial charge in [-0.25, -0.2) is 0 Å². The van der Waals surface area contributed by atoms with E-state index in [4.69, 9.17) is 5.73 Å². The number of rotatable bonds is 2. The van der Waals surface area contributed by atoms with Crippen molar-refractivity contribution in [2.24, 2.45) is 17.6 Å². The monoisotopic (exact) mass is 173 g/mol. The fourth-order valence-electron chi connectivity index (χ4n) is 1.72. The Morgan fingerprint density at radius 3 is 2.75 bits per heavy atom. The molecule has 0 radical (unpaired) electrons. The summed E-state index contributed by atoms with van der Waals surface area (Å²) >= 11 is 0. The largest absolute Gasteiger partial charge is 0.469 e. The highest BCUT2D eigenvalue weighted by Gasteiger charge is 2.36. The summed E-state index contributed by atoms with van der Waals surface area (Å²) in [5.74, 6) is -0.322. The minimum atomic E-state index is -0.431. The fourth-order valence-corrected chi connectivity index (χ4v) is 1.72. The van der Waals surface area contributed by atoms with Crippen LogP contribution in [0.1, 0.15) is 12.8 Å². The van der Waals surface area contributed by atoms with Crippen molar-refractivity contribution >= 4 is 5.97 Å². The average molecular weight is 173 g/mol. The van der Waals surface area contributed by atoms with E-state index in [-0.39, 0.29) is 17.8 Å². The van der Waals surface area contributed by atoms with E-state index >= 15 is 0 Å². The second kappa shape index (κ2) is 3.87. The minimum Gasteiger partial charge on any atom is -0.469 e. The van der Waals surface area contributed by atoms with E-state index in [2.05, 4.69) is 4.74 Å². The molecule has 1 fully saturated rings. The lowest BCUT2D eigenvalue weighted by Crippen LogP contribution is -2.21. The Labute approximate surface area is 71.7 Å². The third-order valence-corrected chi connectivity index (χ3v) is 2.49. The van der Waals surface area contributed by atoms with E-state index in [9.17, 15) is 9.90 Å². The van der Waals surface area contributed by atoms with Gasteiger partial charge in [0.15, 0.2) is 0 Å². The summed E-state index contributed by atoms with van der Waals surface area (Å²) in [6, 6.07) is 0. The summed E-state index contributed by atoms with van der Waals surface area (Å²) in [5.41, 5.74) is 5.42. The van der Waals surface area contributed by atoms with Crippen molar-refractivity contribution < 1.29 is 14.6 Å². The van der Waals surface area contributed by atoms with Crippen molar-refractivity contribution in [2.75, 3.05) is 13.7 Å². The predicted octanol–water partition coefficient (Wildman–Crippen LogP) is -0.495. The molecule has 0 heterocycles. The predicted molar refractivity (Wildman–Crippen MR) is 43.3 cm³/mol. The summed E-state index contributed by atoms with van der Waals surface area (Å²) in [7, 11) is 1.37. The zero-order chi connectivity index (χ0) is 9.14. The molecule has 4 heteroatoms. The number of carbonyl (C=O) groups is 1. The first-order valence-corrected chi connectivity index (χ1v) is 4.15. The molecule has 0 aliphatic heterocycles. The van der Waals surface area contributed by atoms with Crippen LogP contribution in [0.4, 0.5) is 0 Å². The van der Waals surface area contributed by atoms with E-state index in [1.165, 1.54) is 7.11 Å². The van der Waals surface area contributed by atoms with Gasteiger partial charge >= 0.3 is 5.97 Å². The molecule has 1 saturated carbocycles. The molecule has 1 aliphatic rings. The summed E-state index contributed by atoms with van der Waals surface area (Å²) in [6.45, 7) is 0.439. The van der Waals surface area contributed by atoms with Crippen LogP contribution in [0.3, 0.4) is 0 Å². The normalized spacial score (nSPS) is 35.1. The van der Waals surface area contributed by atoms with Gasteiger partial charge in [0.25, 0.3) is 0 Å². The van der Waals surface area contributed by atoms with Crippen molar-refractivity contribution in [2.45, 2.75) is 18.9 Å². The summed E-state index contributed by atoms with van der Waals surface area (Å²) in [6.07, 6.45) is 0.720. The van der Waals surface area contributed by atoms with Crippen molar-refractivity contribution in [3.63, 3.8) is 0 Å². The molecule has 4 nitrogen and oxygen atoms in total. The minimum absolute atomic E-state index is 0.0640. The van der Waals surface area contributed by atoms with Gasteiger partial charge in [0, 0.05) is 0 Å². The van der Waals surface area contributed by atoms with E-state index < -0.39 is 6.10 Å². The van der Waals surface area contributed by atoms with Crippen LogP contribution in [0.25, 0.3) is 0 Å². The van der Waals surface area contributed by atoms with Gasteiger partial charge in [-0.1, -0.05) is 0 Å². The van der Waals surface area contributed by atoms with Gasteiger partial charge in [-0.3, -0.25) is 4.79 Å². The van der Waals surface area contributed by atoms with Gasteiger partial charge < -0.3 is 15.6 Å². The Bertz CT molecular complexity index is 172. The van der Waals surface area contributed by atoms with Gasteiger partial charge in [0.05, 0.1) is 19.1 Å². The lowest BCUT2D eigenvalue weighted by Gasteiger charge is -2.09. The van der Waals surface area contributed by atoms with E-state index in [1.54, 1.807) is 0 Å². The SMILES string of the molecule is COC(=O)C1C[C@H](CN)[C@H](O)C1. The smallest absolute Gasteiger partial charge is 0.308 e. The molecular weight excluding hydrogens is 158 g/mol. The van der Waals surface area contributed by atoms with E-state index in [1.807, 2.05) is 0 Å². The zero-order valence-electron chi connectivity index (χ0n) is 7.19. The second-order valence-electron chi connectivity index (χ2n) is 3.25. The number of carbonyl (C=O) groups excluding carboxylic acids is 1. The van der Waals surface area contributed by atoms with E-state index in [0.717, 1.165) is 0 Å². The molecule has 70 valence electrons. The van der Waals surface area contributed by atoms with E-state index in [0.29, 0.717) is 19.4 Å². The number of hydrogen-bond acceptors (Lipinski definition) is 4. The van der Waals surface area contributed by atoms with Gasteiger partial charge in [0.1, 0.15) is 0 Å². The van der Waals surface area contributed by atoms with Crippen LogP contribution in [0.2, 0.25) is 0 Å². The fraction of sp³-hybridized carbons (Fsp3) is 0.875. The van der Waals surface area contributed by atoms with Gasteiger partial charge in [0.2, 0.25) is 0 Å². The Kier molecular flexibility index (Phi) is 3.05. The molecule has 0 amide bonds. The van der Waals surface area contributed by atoms with Crippen LogP contribution < -0.4 is 5.73 Å². The summed E-state index contributed by atoms with van der Waals surface area (Å²) in [5, 5.41) is 9.42. The van der Waals surface area contributed by atoms with Crippen molar-refractivity contribution in [3.05, 3.63) is 0 Å². The standard InChI is InChI=1S/C8H15NO3/c1-12-8(11)5-2-6(4-9)7(10)3-5/h5-7,10H,2-4,9H2,1H3/t5?,6-,7-/m1/s1. The summed E-state index contributed by atoms with van der Waals surface area (Å²) in [4.78, 5) is 11.0. The number of nitrogens with two attached hydrogens (primary N) is 1. The molecule has 1 unspecified atom stereocenters. The lowest BCUT2D eigenvalue weighted by molar-refractivity contribution is -0.145. The van der Waals surface area contributed by atoms with Gasteiger partial charge in [-0.2, -0.15) is 0 Å². The third-order valence-electron chi connectivity index (χ3n) is 2.49. The molecule has 3 N–H and O–H groups in total. The maximum absolute atomic E-state index is 11.0. The number of aliphatic hydroxyl groups excluding tert-OH is 1. The van der Waals surface area contributed by atoms with Crippen LogP contribution in [0, 0.1) is 11.8 Å². The first-order chi connectivity index (χ1) is 5.69. The van der Waals surface area contributed by atoms with Crippen LogP contribution >= 0.6 is 0 Å². The molecule has 0 saturated heterocycles. The average Bonchev–Trinajstić information content (AvgIpc) is 2.45. The van der Waals surface area contributed by atoms with Crippen LogP contribution in [-0.2, 0) is 9.53 Å². The molecule has 1 rings (SSSR count). The zero-order valence-corrected chi connectivity index (χ0v) is 7.19. The molecular formula is C8H15NO3. The quantitative estimate of drug-likeness (QED) is 0.552. The summed E-state index contributed by atoms with van der Waals surface area (Å²) < 4.78 is 4.58. The molecule has 1 aliphatic carbocycles. The maximum Gasteiger partial charge on any atom is 0.308 e. The third kappa shape index (κ3) is 1.76. The Hall–Kier alpha value is -0.610. The van der Waals surface area contributed by atoms with Crippen molar-refractivity contribution in [1.29, 1.82) is 0 Å². The van der Waals surface area contributed by atoms with Crippen LogP contribution in [0.5, 0.6) is 0 Å². The molecule has 3 atom stereocenters. The van der Waals surface area contributed by atoms with Crippen LogP contribution in [0.15, 0.2) is 0 Å². The Balaban J connectivity index is 2.48. The molecule has 0 aromatic heterocycles. The molecule has 0 bridgehead atoms. The molecule has 0 aromatic carbocycles. The van der Waals surface area contributed by atoms with Gasteiger partial charge in [-0.05, 0) is 25.3 Å². The van der Waals surface area contributed by atoms with Crippen molar-refractivity contribution in [3.8, 4) is 0 Å². The molecule has 0 spiro atoms. The topological polar surface area (TPSA) is 72.5 Å². The van der Waals surface area contributed by atoms with Crippen molar-refractivity contribution in [1.82, 2.24) is 0 Å². The lowest BCUT2D eigenvalue weighted by atomic mass is 10.1. The highest BCUT2D eigenvalue weighted by Crippen LogP contribution is 2.31. The van der Waals surface area contributed by atoms with Crippen LogP contribution in [-0.4, -0.2) is 30.8 Å². The maximum atomic E-state index is 11.0. The first kappa shape index (κ1) is 9.48. The Morgan fingerprint density at radius 2 is 2.33 bits per heavy atom. The number of hydrogen-bond donors (Lipinski definition) is 2. The first-order valence-electron chi connectivity index (χ1n) is 4.15. The highest BCUT2D eigenvalue weighted by molar-refractivity contribution is 5.72.